The monoisotopic (exact) mass is 279 g/mol. The van der Waals surface area contributed by atoms with Crippen molar-refractivity contribution in [3.8, 4) is 0 Å². The third-order valence-corrected chi connectivity index (χ3v) is 2.44. The molecule has 0 spiro atoms. The minimum Gasteiger partial charge on any atom is -0.469 e. The molecule has 0 heterocycles. The van der Waals surface area contributed by atoms with Crippen molar-refractivity contribution in [1.82, 2.24) is 0 Å². The molecule has 0 atom stereocenters. The van der Waals surface area contributed by atoms with Crippen LogP contribution in [0.2, 0.25) is 0 Å². The van der Waals surface area contributed by atoms with Gasteiger partial charge in [-0.15, -0.1) is 0 Å². The highest BCUT2D eigenvalue weighted by molar-refractivity contribution is 5.95. The fourth-order valence-corrected chi connectivity index (χ4v) is 1.48. The molecule has 0 fully saturated rings. The Morgan fingerprint density at radius 3 is 2.60 bits per heavy atom. The Balaban J connectivity index is 2.59. The summed E-state index contributed by atoms with van der Waals surface area (Å²) in [6.07, 6.45) is 0.0379. The predicted octanol–water partition coefficient (Wildman–Crippen LogP) is 1.75. The van der Waals surface area contributed by atoms with Gasteiger partial charge >= 0.3 is 11.9 Å². The Bertz CT molecular complexity index is 498. The molecule has 0 unspecified atom stereocenters. The number of amides is 1. The van der Waals surface area contributed by atoms with Crippen LogP contribution in [-0.2, 0) is 19.1 Å². The van der Waals surface area contributed by atoms with Crippen molar-refractivity contribution in [2.45, 2.75) is 19.8 Å². The van der Waals surface area contributed by atoms with Crippen LogP contribution in [0.5, 0.6) is 0 Å². The molecule has 0 radical (unpaired) electrons. The van der Waals surface area contributed by atoms with E-state index in [1.807, 2.05) is 0 Å². The number of benzene rings is 1. The third kappa shape index (κ3) is 5.09. The first kappa shape index (κ1) is 15.7. The quantitative estimate of drug-likeness (QED) is 0.802. The number of rotatable bonds is 6. The molecule has 1 N–H and O–H groups in total. The van der Waals surface area contributed by atoms with Crippen LogP contribution in [0, 0.1) is 0 Å². The highest BCUT2D eigenvalue weighted by Gasteiger charge is 2.10. The standard InChI is InChI=1S/C14H17NO5/c1-3-20-14(18)10-5-4-6-11(9-10)15-12(16)7-8-13(17)19-2/h4-6,9H,3,7-8H2,1-2H3,(H,15,16). The first-order valence-electron chi connectivity index (χ1n) is 6.20. The number of anilines is 1. The van der Waals surface area contributed by atoms with Gasteiger partial charge in [0, 0.05) is 12.1 Å². The summed E-state index contributed by atoms with van der Waals surface area (Å²) in [4.78, 5) is 34.1. The average molecular weight is 279 g/mol. The number of carbonyl (C=O) groups is 3. The minimum absolute atomic E-state index is 0.0138. The van der Waals surface area contributed by atoms with Crippen LogP contribution in [0.1, 0.15) is 30.1 Å². The molecule has 0 aliphatic rings. The lowest BCUT2D eigenvalue weighted by Gasteiger charge is -2.07. The highest BCUT2D eigenvalue weighted by Crippen LogP contribution is 2.12. The molecule has 0 saturated heterocycles. The molecule has 0 aromatic heterocycles. The Labute approximate surface area is 117 Å². The van der Waals surface area contributed by atoms with Crippen LogP contribution in [0.15, 0.2) is 24.3 Å². The molecule has 20 heavy (non-hydrogen) atoms. The molecule has 1 amide bonds. The van der Waals surface area contributed by atoms with Crippen LogP contribution in [-0.4, -0.2) is 31.6 Å². The van der Waals surface area contributed by atoms with Gasteiger partial charge in [0.15, 0.2) is 0 Å². The topological polar surface area (TPSA) is 81.7 Å². The van der Waals surface area contributed by atoms with Gasteiger partial charge in [-0.1, -0.05) is 6.07 Å². The van der Waals surface area contributed by atoms with E-state index in [4.69, 9.17) is 4.74 Å². The zero-order chi connectivity index (χ0) is 15.0. The van der Waals surface area contributed by atoms with Crippen LogP contribution in [0.4, 0.5) is 5.69 Å². The van der Waals surface area contributed by atoms with E-state index in [1.165, 1.54) is 13.2 Å². The van der Waals surface area contributed by atoms with Crippen molar-refractivity contribution in [2.75, 3.05) is 19.0 Å². The second-order valence-corrected chi connectivity index (χ2v) is 3.93. The average Bonchev–Trinajstić information content (AvgIpc) is 2.45. The summed E-state index contributed by atoms with van der Waals surface area (Å²) in [5.74, 6) is -1.21. The van der Waals surface area contributed by atoms with Crippen molar-refractivity contribution in [2.24, 2.45) is 0 Å². The first-order chi connectivity index (χ1) is 9.56. The number of carbonyl (C=O) groups excluding carboxylic acids is 3. The summed E-state index contributed by atoms with van der Waals surface area (Å²) in [5.41, 5.74) is 0.836. The summed E-state index contributed by atoms with van der Waals surface area (Å²) in [6.45, 7) is 2.00. The molecule has 108 valence electrons. The Kier molecular flexibility index (Phi) is 6.22. The molecule has 6 nitrogen and oxygen atoms in total. The number of methoxy groups -OCH3 is 1. The fraction of sp³-hybridized carbons (Fsp3) is 0.357. The zero-order valence-corrected chi connectivity index (χ0v) is 11.5. The lowest BCUT2D eigenvalue weighted by molar-refractivity contribution is -0.141. The van der Waals surface area contributed by atoms with Gasteiger partial charge in [0.2, 0.25) is 5.91 Å². The molecule has 1 aromatic carbocycles. The van der Waals surface area contributed by atoms with Gasteiger partial charge in [0.25, 0.3) is 0 Å². The van der Waals surface area contributed by atoms with Gasteiger partial charge in [0.05, 0.1) is 25.7 Å². The van der Waals surface area contributed by atoms with Gasteiger partial charge in [-0.25, -0.2) is 4.79 Å². The number of hydrogen-bond donors (Lipinski definition) is 1. The summed E-state index contributed by atoms with van der Waals surface area (Å²) in [7, 11) is 1.27. The molecule has 0 saturated carbocycles. The molecular weight excluding hydrogens is 262 g/mol. The van der Waals surface area contributed by atoms with E-state index in [-0.39, 0.29) is 25.4 Å². The molecular formula is C14H17NO5. The smallest absolute Gasteiger partial charge is 0.338 e. The Morgan fingerprint density at radius 2 is 1.95 bits per heavy atom. The fourth-order valence-electron chi connectivity index (χ4n) is 1.48. The van der Waals surface area contributed by atoms with Crippen molar-refractivity contribution in [3.63, 3.8) is 0 Å². The predicted molar refractivity (Wildman–Crippen MR) is 72.3 cm³/mol. The summed E-state index contributed by atoms with van der Waals surface area (Å²) in [5, 5.41) is 2.60. The third-order valence-electron chi connectivity index (χ3n) is 2.44. The Hall–Kier alpha value is -2.37. The van der Waals surface area contributed by atoms with E-state index in [2.05, 4.69) is 10.1 Å². The summed E-state index contributed by atoms with van der Waals surface area (Å²) >= 11 is 0. The maximum absolute atomic E-state index is 11.6. The zero-order valence-electron chi connectivity index (χ0n) is 11.5. The number of nitrogens with one attached hydrogen (secondary N) is 1. The highest BCUT2D eigenvalue weighted by atomic mass is 16.5. The maximum atomic E-state index is 11.6. The summed E-state index contributed by atoms with van der Waals surface area (Å²) < 4.78 is 9.32. The first-order valence-corrected chi connectivity index (χ1v) is 6.20. The lowest BCUT2D eigenvalue weighted by Crippen LogP contribution is -2.14. The van der Waals surface area contributed by atoms with Crippen LogP contribution in [0.3, 0.4) is 0 Å². The number of hydrogen-bond acceptors (Lipinski definition) is 5. The van der Waals surface area contributed by atoms with Crippen LogP contribution >= 0.6 is 0 Å². The van der Waals surface area contributed by atoms with Crippen molar-refractivity contribution >= 4 is 23.5 Å². The summed E-state index contributed by atoms with van der Waals surface area (Å²) in [6, 6.07) is 6.41. The van der Waals surface area contributed by atoms with Gasteiger partial charge in [0.1, 0.15) is 0 Å². The van der Waals surface area contributed by atoms with E-state index in [1.54, 1.807) is 25.1 Å². The van der Waals surface area contributed by atoms with Crippen molar-refractivity contribution in [3.05, 3.63) is 29.8 Å². The van der Waals surface area contributed by atoms with Crippen molar-refractivity contribution < 1.29 is 23.9 Å². The second kappa shape index (κ2) is 7.93. The van der Waals surface area contributed by atoms with Crippen molar-refractivity contribution in [1.29, 1.82) is 0 Å². The minimum atomic E-state index is -0.446. The molecule has 0 aliphatic carbocycles. The van der Waals surface area contributed by atoms with Crippen LogP contribution < -0.4 is 5.32 Å². The SMILES string of the molecule is CCOC(=O)c1cccc(NC(=O)CCC(=O)OC)c1. The molecule has 6 heteroatoms. The normalized spacial score (nSPS) is 9.70. The molecule has 0 aliphatic heterocycles. The largest absolute Gasteiger partial charge is 0.469 e. The number of esters is 2. The van der Waals surface area contributed by atoms with E-state index in [9.17, 15) is 14.4 Å². The van der Waals surface area contributed by atoms with E-state index in [0.29, 0.717) is 11.3 Å². The molecule has 1 rings (SSSR count). The van der Waals surface area contributed by atoms with Gasteiger partial charge in [-0.2, -0.15) is 0 Å². The molecule has 0 bridgehead atoms. The number of ether oxygens (including phenoxy) is 2. The second-order valence-electron chi connectivity index (χ2n) is 3.93. The van der Waals surface area contributed by atoms with E-state index in [0.717, 1.165) is 0 Å². The molecule has 1 aromatic rings. The van der Waals surface area contributed by atoms with Gasteiger partial charge in [-0.05, 0) is 25.1 Å². The van der Waals surface area contributed by atoms with Crippen LogP contribution in [0.25, 0.3) is 0 Å². The van der Waals surface area contributed by atoms with E-state index < -0.39 is 11.9 Å². The van der Waals surface area contributed by atoms with E-state index >= 15 is 0 Å². The van der Waals surface area contributed by atoms with Gasteiger partial charge in [-0.3, -0.25) is 9.59 Å². The lowest BCUT2D eigenvalue weighted by atomic mass is 10.2. The van der Waals surface area contributed by atoms with Gasteiger partial charge < -0.3 is 14.8 Å². The maximum Gasteiger partial charge on any atom is 0.338 e. The Morgan fingerprint density at radius 1 is 1.20 bits per heavy atom.